The van der Waals surface area contributed by atoms with E-state index in [2.05, 4.69) is 5.32 Å². The van der Waals surface area contributed by atoms with Gasteiger partial charge >= 0.3 is 6.03 Å². The number of rotatable bonds is 6. The molecule has 0 spiro atoms. The van der Waals surface area contributed by atoms with Gasteiger partial charge in [-0.25, -0.2) is 4.79 Å². The summed E-state index contributed by atoms with van der Waals surface area (Å²) in [6.45, 7) is 4.67. The normalized spacial score (nSPS) is 18.3. The van der Waals surface area contributed by atoms with Crippen LogP contribution in [-0.4, -0.2) is 72.8 Å². The number of benzene rings is 3. The van der Waals surface area contributed by atoms with Crippen molar-refractivity contribution in [3.05, 3.63) is 83.9 Å². The molecule has 0 radical (unpaired) electrons. The van der Waals surface area contributed by atoms with Gasteiger partial charge in [0.1, 0.15) is 5.75 Å². The van der Waals surface area contributed by atoms with Gasteiger partial charge in [-0.1, -0.05) is 61.5 Å². The van der Waals surface area contributed by atoms with Crippen LogP contribution in [0.2, 0.25) is 0 Å². The smallest absolute Gasteiger partial charge is 0.321 e. The second-order valence-corrected chi connectivity index (χ2v) is 10.0. The molecule has 2 N–H and O–H groups in total. The highest BCUT2D eigenvalue weighted by Gasteiger charge is 2.31. The van der Waals surface area contributed by atoms with Crippen LogP contribution in [0.15, 0.2) is 72.8 Å². The number of carbonyl (C=O) groups is 2. The minimum absolute atomic E-state index is 0.137. The van der Waals surface area contributed by atoms with Crippen molar-refractivity contribution < 1.29 is 24.2 Å². The molecule has 4 rings (SSSR count). The largest absolute Gasteiger partial charge is 0.495 e. The third kappa shape index (κ3) is 6.41. The van der Waals surface area contributed by atoms with Crippen LogP contribution in [0.3, 0.4) is 0 Å². The molecule has 0 saturated carbocycles. The first-order valence-corrected chi connectivity index (χ1v) is 13.2. The van der Waals surface area contributed by atoms with Crippen LogP contribution in [0.5, 0.6) is 5.75 Å². The van der Waals surface area contributed by atoms with Crippen LogP contribution >= 0.6 is 0 Å². The third-order valence-corrected chi connectivity index (χ3v) is 7.24. The van der Waals surface area contributed by atoms with Gasteiger partial charge in [-0.05, 0) is 41.8 Å². The van der Waals surface area contributed by atoms with Crippen molar-refractivity contribution in [3.63, 3.8) is 0 Å². The van der Waals surface area contributed by atoms with Gasteiger partial charge in [-0.3, -0.25) is 4.79 Å². The molecule has 0 bridgehead atoms. The number of carbonyl (C=O) groups excluding carboxylic acids is 2. The van der Waals surface area contributed by atoms with Crippen molar-refractivity contribution in [2.24, 2.45) is 5.92 Å². The maximum Gasteiger partial charge on any atom is 0.321 e. The minimum atomic E-state index is -0.392. The van der Waals surface area contributed by atoms with Gasteiger partial charge in [0.05, 0.1) is 38.2 Å². The number of anilines is 1. The van der Waals surface area contributed by atoms with Gasteiger partial charge < -0.3 is 29.7 Å². The van der Waals surface area contributed by atoms with E-state index in [9.17, 15) is 14.7 Å². The van der Waals surface area contributed by atoms with Crippen LogP contribution < -0.4 is 10.1 Å². The Kier molecular flexibility index (Phi) is 9.22. The first kappa shape index (κ1) is 28.1. The molecule has 0 fully saturated rings. The SMILES string of the molecule is COc1ccccc1NC(=O)N(C)C[C@@H]1OCc2ccccc2-c2ccccc2C(=O)N([C@@H](C)CO)C[C@@H]1C. The summed E-state index contributed by atoms with van der Waals surface area (Å²) in [6.07, 6.45) is -0.381. The molecule has 3 atom stereocenters. The van der Waals surface area contributed by atoms with E-state index in [0.29, 0.717) is 36.7 Å². The number of urea groups is 1. The molecule has 0 unspecified atom stereocenters. The fourth-order valence-electron chi connectivity index (χ4n) is 4.86. The second-order valence-electron chi connectivity index (χ2n) is 10.0. The van der Waals surface area contributed by atoms with E-state index in [1.807, 2.05) is 74.5 Å². The molecular formula is C31H37N3O5. The molecule has 1 heterocycles. The van der Waals surface area contributed by atoms with Gasteiger partial charge in [0.15, 0.2) is 0 Å². The van der Waals surface area contributed by atoms with E-state index in [1.54, 1.807) is 36.1 Å². The predicted molar refractivity (Wildman–Crippen MR) is 152 cm³/mol. The molecule has 1 aliphatic heterocycles. The molecule has 39 heavy (non-hydrogen) atoms. The standard InChI is InChI=1S/C31H37N3O5/c1-21-17-34(22(2)19-35)30(36)26-14-8-7-13-25(26)24-12-6-5-11-23(24)20-39-29(21)18-33(3)31(37)32-27-15-9-10-16-28(27)38-4/h5-16,21-22,29,35H,17-20H2,1-4H3,(H,32,37)/t21-,22-,29-/m0/s1. The number of likely N-dealkylation sites (N-methyl/N-ethyl adjacent to an activating group) is 1. The highest BCUT2D eigenvalue weighted by molar-refractivity contribution is 6.01. The molecule has 3 amide bonds. The summed E-state index contributed by atoms with van der Waals surface area (Å²) in [5, 5.41) is 12.9. The maximum absolute atomic E-state index is 13.9. The Morgan fingerprint density at radius 1 is 1.08 bits per heavy atom. The first-order chi connectivity index (χ1) is 18.8. The molecule has 1 aliphatic rings. The van der Waals surface area contributed by atoms with Crippen molar-refractivity contribution in [2.75, 3.05) is 39.2 Å². The van der Waals surface area contributed by atoms with Crippen molar-refractivity contribution in [1.82, 2.24) is 9.80 Å². The lowest BCUT2D eigenvalue weighted by Gasteiger charge is -2.35. The van der Waals surface area contributed by atoms with Gasteiger partial charge in [0, 0.05) is 31.6 Å². The van der Waals surface area contributed by atoms with Gasteiger partial charge in [0.2, 0.25) is 0 Å². The Labute approximate surface area is 230 Å². The monoisotopic (exact) mass is 531 g/mol. The van der Waals surface area contributed by atoms with E-state index in [4.69, 9.17) is 9.47 Å². The molecule has 8 nitrogen and oxygen atoms in total. The summed E-state index contributed by atoms with van der Waals surface area (Å²) in [7, 11) is 3.28. The lowest BCUT2D eigenvalue weighted by molar-refractivity contribution is -0.0178. The summed E-state index contributed by atoms with van der Waals surface area (Å²) in [5.74, 6) is 0.292. The predicted octanol–water partition coefficient (Wildman–Crippen LogP) is 4.88. The maximum atomic E-state index is 13.9. The number of methoxy groups -OCH3 is 1. The number of para-hydroxylation sites is 2. The minimum Gasteiger partial charge on any atom is -0.495 e. The van der Waals surface area contributed by atoms with Crippen LogP contribution in [0.4, 0.5) is 10.5 Å². The van der Waals surface area contributed by atoms with Crippen LogP contribution in [-0.2, 0) is 11.3 Å². The Morgan fingerprint density at radius 2 is 1.72 bits per heavy atom. The Morgan fingerprint density at radius 3 is 2.44 bits per heavy atom. The fourth-order valence-corrected chi connectivity index (χ4v) is 4.86. The van der Waals surface area contributed by atoms with E-state index in [-0.39, 0.29) is 30.6 Å². The molecular weight excluding hydrogens is 494 g/mol. The van der Waals surface area contributed by atoms with Crippen molar-refractivity contribution in [3.8, 4) is 16.9 Å². The Hall–Kier alpha value is -3.88. The average Bonchev–Trinajstić information content (AvgIpc) is 2.98. The number of hydrogen-bond acceptors (Lipinski definition) is 5. The molecule has 206 valence electrons. The van der Waals surface area contributed by atoms with Crippen molar-refractivity contribution >= 4 is 17.6 Å². The number of hydrogen-bond donors (Lipinski definition) is 2. The quantitative estimate of drug-likeness (QED) is 0.473. The van der Waals surface area contributed by atoms with Crippen molar-refractivity contribution in [1.29, 1.82) is 0 Å². The lowest BCUT2D eigenvalue weighted by atomic mass is 9.94. The number of ether oxygens (including phenoxy) is 2. The van der Waals surface area contributed by atoms with E-state index in [0.717, 1.165) is 16.7 Å². The number of aliphatic hydroxyl groups excluding tert-OH is 1. The summed E-state index contributed by atoms with van der Waals surface area (Å²) in [4.78, 5) is 30.3. The lowest BCUT2D eigenvalue weighted by Crippen LogP contribution is -2.48. The zero-order chi connectivity index (χ0) is 27.9. The van der Waals surface area contributed by atoms with Gasteiger partial charge in [-0.15, -0.1) is 0 Å². The molecule has 0 aromatic heterocycles. The number of nitrogens with zero attached hydrogens (tertiary/aromatic N) is 2. The highest BCUT2D eigenvalue weighted by atomic mass is 16.5. The summed E-state index contributed by atoms with van der Waals surface area (Å²) in [5.41, 5.74) is 3.88. The number of fused-ring (bicyclic) bond motifs is 3. The highest BCUT2D eigenvalue weighted by Crippen LogP contribution is 2.31. The van der Waals surface area contributed by atoms with Crippen LogP contribution in [0, 0.1) is 5.92 Å². The van der Waals surface area contributed by atoms with E-state index in [1.165, 1.54) is 0 Å². The third-order valence-electron chi connectivity index (χ3n) is 7.24. The molecule has 0 aliphatic carbocycles. The number of amides is 3. The molecule has 8 heteroatoms. The summed E-state index contributed by atoms with van der Waals surface area (Å²) in [6, 6.07) is 22.0. The van der Waals surface area contributed by atoms with Crippen LogP contribution in [0.1, 0.15) is 29.8 Å². The van der Waals surface area contributed by atoms with Crippen LogP contribution in [0.25, 0.3) is 11.1 Å². The zero-order valence-corrected chi connectivity index (χ0v) is 23.0. The molecule has 3 aromatic carbocycles. The first-order valence-electron chi connectivity index (χ1n) is 13.2. The van der Waals surface area contributed by atoms with Gasteiger partial charge in [-0.2, -0.15) is 0 Å². The Bertz CT molecular complexity index is 1300. The van der Waals surface area contributed by atoms with E-state index < -0.39 is 6.04 Å². The topological polar surface area (TPSA) is 91.3 Å². The average molecular weight is 532 g/mol. The summed E-state index contributed by atoms with van der Waals surface area (Å²) >= 11 is 0. The fraction of sp³-hybridized carbons (Fsp3) is 0.355. The zero-order valence-electron chi connectivity index (χ0n) is 23.0. The second kappa shape index (κ2) is 12.8. The number of nitrogens with one attached hydrogen (secondary N) is 1. The van der Waals surface area contributed by atoms with Crippen molar-refractivity contribution in [2.45, 2.75) is 32.6 Å². The molecule has 0 saturated heterocycles. The van der Waals surface area contributed by atoms with Gasteiger partial charge in [0.25, 0.3) is 5.91 Å². The van der Waals surface area contributed by atoms with E-state index >= 15 is 0 Å². The summed E-state index contributed by atoms with van der Waals surface area (Å²) < 4.78 is 11.9. The Balaban J connectivity index is 1.64. The molecule has 3 aromatic rings. The number of aliphatic hydroxyl groups is 1.